The van der Waals surface area contributed by atoms with E-state index in [9.17, 15) is 0 Å². The van der Waals surface area contributed by atoms with Crippen molar-refractivity contribution in [2.45, 2.75) is 12.8 Å². The molecular weight excluding hydrogens is 268 g/mol. The van der Waals surface area contributed by atoms with Crippen molar-refractivity contribution in [1.29, 1.82) is 0 Å². The Labute approximate surface area is 130 Å². The van der Waals surface area contributed by atoms with Crippen molar-refractivity contribution >= 4 is 6.08 Å². The molecule has 1 aromatic carbocycles. The Hall–Kier alpha value is -2.74. The molecule has 2 nitrogen and oxygen atoms in total. The van der Waals surface area contributed by atoms with E-state index in [0.717, 1.165) is 29.7 Å². The molecule has 22 heavy (non-hydrogen) atoms. The summed E-state index contributed by atoms with van der Waals surface area (Å²) in [5.41, 5.74) is 7.33. The number of pyridine rings is 2. The van der Waals surface area contributed by atoms with Gasteiger partial charge in [-0.05, 0) is 47.7 Å². The SMILES string of the molecule is C1=Cc2cccc(-c3ncccc3-c3ccncc3)c2CC1. The number of allylic oxidation sites excluding steroid dienone is 1. The van der Waals surface area contributed by atoms with E-state index >= 15 is 0 Å². The van der Waals surface area contributed by atoms with Crippen LogP contribution in [0.4, 0.5) is 0 Å². The molecule has 1 aliphatic rings. The summed E-state index contributed by atoms with van der Waals surface area (Å²) in [6.07, 6.45) is 12.2. The smallest absolute Gasteiger partial charge is 0.0783 e. The van der Waals surface area contributed by atoms with Crippen molar-refractivity contribution in [2.24, 2.45) is 0 Å². The van der Waals surface area contributed by atoms with Crippen LogP contribution >= 0.6 is 0 Å². The third-order valence-corrected chi connectivity index (χ3v) is 4.12. The molecule has 1 aliphatic carbocycles. The van der Waals surface area contributed by atoms with Crippen molar-refractivity contribution in [3.63, 3.8) is 0 Å². The summed E-state index contributed by atoms with van der Waals surface area (Å²) in [5, 5.41) is 0. The van der Waals surface area contributed by atoms with Crippen LogP contribution in [0.1, 0.15) is 17.5 Å². The number of hydrogen-bond donors (Lipinski definition) is 0. The van der Waals surface area contributed by atoms with Crippen LogP contribution in [-0.2, 0) is 6.42 Å². The molecule has 0 aliphatic heterocycles. The first kappa shape index (κ1) is 13.0. The standard InChI is InChI=1S/C20H16N2/c1-2-7-17-15(5-1)6-3-8-19(17)20-18(9-4-12-22-20)16-10-13-21-14-11-16/h1,3-6,8-14H,2,7H2. The molecule has 106 valence electrons. The number of nitrogens with zero attached hydrogens (tertiary/aromatic N) is 2. The van der Waals surface area contributed by atoms with Crippen molar-refractivity contribution < 1.29 is 0 Å². The van der Waals surface area contributed by atoms with Crippen LogP contribution in [0.3, 0.4) is 0 Å². The largest absolute Gasteiger partial charge is 0.265 e. The van der Waals surface area contributed by atoms with Gasteiger partial charge in [-0.3, -0.25) is 9.97 Å². The maximum Gasteiger partial charge on any atom is 0.0783 e. The molecule has 0 atom stereocenters. The summed E-state index contributed by atoms with van der Waals surface area (Å²) < 4.78 is 0. The van der Waals surface area contributed by atoms with Crippen molar-refractivity contribution in [1.82, 2.24) is 9.97 Å². The monoisotopic (exact) mass is 284 g/mol. The molecule has 0 radical (unpaired) electrons. The highest BCUT2D eigenvalue weighted by atomic mass is 14.7. The Morgan fingerprint density at radius 1 is 0.818 bits per heavy atom. The molecule has 4 rings (SSSR count). The quantitative estimate of drug-likeness (QED) is 0.677. The first-order valence-electron chi connectivity index (χ1n) is 7.58. The van der Waals surface area contributed by atoms with Gasteiger partial charge in [-0.2, -0.15) is 0 Å². The molecule has 2 heterocycles. The molecule has 3 aromatic rings. The van der Waals surface area contributed by atoms with Crippen LogP contribution in [0.15, 0.2) is 67.1 Å². The van der Waals surface area contributed by atoms with Gasteiger partial charge in [0.25, 0.3) is 0 Å². The molecule has 0 saturated heterocycles. The van der Waals surface area contributed by atoms with Gasteiger partial charge in [-0.1, -0.05) is 36.4 Å². The summed E-state index contributed by atoms with van der Waals surface area (Å²) in [4.78, 5) is 8.80. The Balaban J connectivity index is 1.94. The topological polar surface area (TPSA) is 25.8 Å². The van der Waals surface area contributed by atoms with Gasteiger partial charge >= 0.3 is 0 Å². The molecule has 2 heteroatoms. The van der Waals surface area contributed by atoms with E-state index in [-0.39, 0.29) is 0 Å². The van der Waals surface area contributed by atoms with Crippen LogP contribution in [0, 0.1) is 0 Å². The number of hydrogen-bond acceptors (Lipinski definition) is 2. The maximum absolute atomic E-state index is 4.69. The molecule has 0 fully saturated rings. The lowest BCUT2D eigenvalue weighted by atomic mass is 9.89. The van der Waals surface area contributed by atoms with E-state index in [1.165, 1.54) is 16.7 Å². The van der Waals surface area contributed by atoms with Crippen molar-refractivity contribution in [3.8, 4) is 22.4 Å². The summed E-state index contributed by atoms with van der Waals surface area (Å²) in [6, 6.07) is 14.7. The average molecular weight is 284 g/mol. The second-order valence-electron chi connectivity index (χ2n) is 5.45. The van der Waals surface area contributed by atoms with Crippen LogP contribution < -0.4 is 0 Å². The van der Waals surface area contributed by atoms with Crippen molar-refractivity contribution in [3.05, 3.63) is 78.3 Å². The molecule has 0 bridgehead atoms. The summed E-state index contributed by atoms with van der Waals surface area (Å²) in [5.74, 6) is 0. The second kappa shape index (κ2) is 5.57. The Kier molecular flexibility index (Phi) is 3.28. The highest BCUT2D eigenvalue weighted by Crippen LogP contribution is 2.35. The Bertz CT molecular complexity index is 835. The van der Waals surface area contributed by atoms with Crippen LogP contribution in [0.5, 0.6) is 0 Å². The lowest BCUT2D eigenvalue weighted by molar-refractivity contribution is 0.986. The summed E-state index contributed by atoms with van der Waals surface area (Å²) in [7, 11) is 0. The molecule has 0 amide bonds. The van der Waals surface area contributed by atoms with E-state index in [1.807, 2.05) is 36.8 Å². The van der Waals surface area contributed by atoms with Gasteiger partial charge in [0.05, 0.1) is 5.69 Å². The lowest BCUT2D eigenvalue weighted by Crippen LogP contribution is -1.99. The fraction of sp³-hybridized carbons (Fsp3) is 0.100. The number of aromatic nitrogens is 2. The fourth-order valence-corrected chi connectivity index (χ4v) is 3.08. The predicted molar refractivity (Wildman–Crippen MR) is 90.3 cm³/mol. The van der Waals surface area contributed by atoms with Gasteiger partial charge in [0.1, 0.15) is 0 Å². The zero-order valence-electron chi connectivity index (χ0n) is 12.2. The average Bonchev–Trinajstić information content (AvgIpc) is 2.62. The van der Waals surface area contributed by atoms with E-state index < -0.39 is 0 Å². The Morgan fingerprint density at radius 3 is 2.59 bits per heavy atom. The molecule has 0 N–H and O–H groups in total. The highest BCUT2D eigenvalue weighted by molar-refractivity contribution is 5.83. The fourth-order valence-electron chi connectivity index (χ4n) is 3.08. The van der Waals surface area contributed by atoms with Crippen LogP contribution in [0.2, 0.25) is 0 Å². The molecule has 0 unspecified atom stereocenters. The number of rotatable bonds is 2. The van der Waals surface area contributed by atoms with E-state index in [4.69, 9.17) is 0 Å². The first-order valence-corrected chi connectivity index (χ1v) is 7.58. The van der Waals surface area contributed by atoms with Gasteiger partial charge in [-0.25, -0.2) is 0 Å². The van der Waals surface area contributed by atoms with E-state index in [2.05, 4.69) is 46.4 Å². The zero-order valence-corrected chi connectivity index (χ0v) is 12.2. The highest BCUT2D eigenvalue weighted by Gasteiger charge is 2.15. The molecule has 2 aromatic heterocycles. The van der Waals surface area contributed by atoms with Crippen LogP contribution in [-0.4, -0.2) is 9.97 Å². The maximum atomic E-state index is 4.69. The number of benzene rings is 1. The third kappa shape index (κ3) is 2.23. The Morgan fingerprint density at radius 2 is 1.68 bits per heavy atom. The lowest BCUT2D eigenvalue weighted by Gasteiger charge is -2.17. The second-order valence-corrected chi connectivity index (χ2v) is 5.45. The summed E-state index contributed by atoms with van der Waals surface area (Å²) in [6.45, 7) is 0. The van der Waals surface area contributed by atoms with Crippen molar-refractivity contribution in [2.75, 3.05) is 0 Å². The molecule has 0 spiro atoms. The number of fused-ring (bicyclic) bond motifs is 1. The summed E-state index contributed by atoms with van der Waals surface area (Å²) >= 11 is 0. The van der Waals surface area contributed by atoms with Gasteiger partial charge in [0.2, 0.25) is 0 Å². The predicted octanol–water partition coefficient (Wildman–Crippen LogP) is 4.77. The van der Waals surface area contributed by atoms with Gasteiger partial charge in [0.15, 0.2) is 0 Å². The van der Waals surface area contributed by atoms with Gasteiger partial charge in [-0.15, -0.1) is 0 Å². The van der Waals surface area contributed by atoms with Crippen LogP contribution in [0.25, 0.3) is 28.5 Å². The zero-order chi connectivity index (χ0) is 14.8. The molecular formula is C20H16N2. The minimum atomic E-state index is 1.06. The normalized spacial score (nSPS) is 12.9. The minimum absolute atomic E-state index is 1.06. The van der Waals surface area contributed by atoms with E-state index in [1.54, 1.807) is 0 Å². The third-order valence-electron chi connectivity index (χ3n) is 4.12. The molecule has 0 saturated carbocycles. The first-order chi connectivity index (χ1) is 10.9. The van der Waals surface area contributed by atoms with E-state index in [0.29, 0.717) is 0 Å². The minimum Gasteiger partial charge on any atom is -0.265 e. The van der Waals surface area contributed by atoms with Gasteiger partial charge < -0.3 is 0 Å². The van der Waals surface area contributed by atoms with Gasteiger partial charge in [0, 0.05) is 29.7 Å².